The highest BCUT2D eigenvalue weighted by Crippen LogP contribution is 2.42. The molecule has 1 N–H and O–H groups in total. The Kier molecular flexibility index (Phi) is 4.40. The lowest BCUT2D eigenvalue weighted by molar-refractivity contribution is -0.131. The number of likely N-dealkylation sites (tertiary alicyclic amines) is 1. The maximum Gasteiger partial charge on any atom is 0.325 e. The highest BCUT2D eigenvalue weighted by molar-refractivity contribution is 6.08. The van der Waals surface area contributed by atoms with Crippen molar-refractivity contribution in [3.63, 3.8) is 0 Å². The van der Waals surface area contributed by atoms with Gasteiger partial charge in [-0.1, -0.05) is 48.5 Å². The summed E-state index contributed by atoms with van der Waals surface area (Å²) in [7, 11) is 4.04. The quantitative estimate of drug-likeness (QED) is 0.683. The van der Waals surface area contributed by atoms with Crippen LogP contribution in [-0.2, 0) is 18.3 Å². The summed E-state index contributed by atoms with van der Waals surface area (Å²) in [6.07, 6.45) is 2.77. The fourth-order valence-electron chi connectivity index (χ4n) is 5.16. The molecule has 30 heavy (non-hydrogen) atoms. The molecule has 0 saturated carbocycles. The third-order valence-corrected chi connectivity index (χ3v) is 6.58. The van der Waals surface area contributed by atoms with E-state index >= 15 is 0 Å². The number of rotatable bonds is 4. The standard InChI is InChI=1S/C24H26N4O2/c1-26-15-20(19-14-27(2)21-11-7-6-10-18(19)21)24(16-26)22(29)28(23(30)25-24)13-12-17-8-4-3-5-9-17/h3-11,14,20H,12-13,15-16H2,1-2H3,(H,25,30)/t20-,24+/m1/s1. The summed E-state index contributed by atoms with van der Waals surface area (Å²) in [6, 6.07) is 17.9. The Hall–Kier alpha value is -3.12. The van der Waals surface area contributed by atoms with E-state index in [4.69, 9.17) is 0 Å². The summed E-state index contributed by atoms with van der Waals surface area (Å²) in [6.45, 7) is 1.64. The van der Waals surface area contributed by atoms with Gasteiger partial charge < -0.3 is 14.8 Å². The van der Waals surface area contributed by atoms with E-state index < -0.39 is 5.54 Å². The molecule has 3 heterocycles. The lowest BCUT2D eigenvalue weighted by Crippen LogP contribution is -2.52. The number of carbonyl (C=O) groups is 2. The number of imide groups is 1. The van der Waals surface area contributed by atoms with Crippen molar-refractivity contribution in [2.45, 2.75) is 17.9 Å². The van der Waals surface area contributed by atoms with Crippen LogP contribution in [0.4, 0.5) is 4.79 Å². The number of aryl methyl sites for hydroxylation is 1. The van der Waals surface area contributed by atoms with Crippen molar-refractivity contribution in [3.8, 4) is 0 Å². The minimum Gasteiger partial charge on any atom is -0.350 e. The Balaban J connectivity index is 1.49. The van der Waals surface area contributed by atoms with Gasteiger partial charge in [0.25, 0.3) is 5.91 Å². The third-order valence-electron chi connectivity index (χ3n) is 6.58. The summed E-state index contributed by atoms with van der Waals surface area (Å²) in [4.78, 5) is 30.1. The van der Waals surface area contributed by atoms with Crippen molar-refractivity contribution in [1.82, 2.24) is 19.7 Å². The van der Waals surface area contributed by atoms with Gasteiger partial charge in [0.05, 0.1) is 0 Å². The van der Waals surface area contributed by atoms with Gasteiger partial charge in [-0.05, 0) is 30.7 Å². The normalized spacial score (nSPS) is 24.3. The molecule has 1 aromatic heterocycles. The summed E-state index contributed by atoms with van der Waals surface area (Å²) >= 11 is 0. The van der Waals surface area contributed by atoms with Gasteiger partial charge >= 0.3 is 6.03 Å². The number of benzene rings is 2. The number of hydrogen-bond acceptors (Lipinski definition) is 3. The number of aromatic nitrogens is 1. The van der Waals surface area contributed by atoms with E-state index in [1.54, 1.807) is 0 Å². The second-order valence-electron chi connectivity index (χ2n) is 8.56. The molecule has 0 radical (unpaired) electrons. The van der Waals surface area contributed by atoms with Crippen molar-refractivity contribution in [2.75, 3.05) is 26.7 Å². The molecule has 0 bridgehead atoms. The van der Waals surface area contributed by atoms with E-state index in [0.29, 0.717) is 19.5 Å². The first-order valence-electron chi connectivity index (χ1n) is 10.4. The van der Waals surface area contributed by atoms with Crippen LogP contribution in [-0.4, -0.2) is 58.5 Å². The number of hydrogen-bond donors (Lipinski definition) is 1. The first-order chi connectivity index (χ1) is 14.5. The fraction of sp³-hybridized carbons (Fsp3) is 0.333. The van der Waals surface area contributed by atoms with Gasteiger partial charge in [-0.2, -0.15) is 0 Å². The topological polar surface area (TPSA) is 57.6 Å². The molecular weight excluding hydrogens is 376 g/mol. The van der Waals surface area contributed by atoms with E-state index in [-0.39, 0.29) is 17.9 Å². The maximum atomic E-state index is 13.6. The summed E-state index contributed by atoms with van der Waals surface area (Å²) in [5.74, 6) is -0.197. The van der Waals surface area contributed by atoms with Crippen molar-refractivity contribution < 1.29 is 9.59 Å². The number of amides is 3. The lowest BCUT2D eigenvalue weighted by atomic mass is 9.81. The average molecular weight is 402 g/mol. The Morgan fingerprint density at radius 1 is 1.03 bits per heavy atom. The minimum absolute atomic E-state index is 0.0909. The Morgan fingerprint density at radius 3 is 2.57 bits per heavy atom. The Bertz CT molecular complexity index is 1120. The second kappa shape index (κ2) is 6.99. The zero-order valence-corrected chi connectivity index (χ0v) is 17.3. The smallest absolute Gasteiger partial charge is 0.325 e. The first-order valence-corrected chi connectivity index (χ1v) is 10.4. The Labute approximate surface area is 176 Å². The van der Waals surface area contributed by atoms with Gasteiger partial charge in [0.1, 0.15) is 5.54 Å². The molecule has 2 aliphatic rings. The van der Waals surface area contributed by atoms with Crippen molar-refractivity contribution in [3.05, 3.63) is 71.9 Å². The molecule has 2 atom stereocenters. The van der Waals surface area contributed by atoms with Crippen molar-refractivity contribution in [1.29, 1.82) is 0 Å². The van der Waals surface area contributed by atoms with Gasteiger partial charge in [0, 0.05) is 49.7 Å². The molecule has 3 aromatic rings. The van der Waals surface area contributed by atoms with Crippen molar-refractivity contribution in [2.24, 2.45) is 7.05 Å². The molecule has 1 spiro atoms. The molecule has 3 amide bonds. The van der Waals surface area contributed by atoms with Gasteiger partial charge in [-0.25, -0.2) is 4.79 Å². The van der Waals surface area contributed by atoms with E-state index in [1.165, 1.54) is 4.90 Å². The number of likely N-dealkylation sites (N-methyl/N-ethyl adjacent to an activating group) is 1. The predicted octanol–water partition coefficient (Wildman–Crippen LogP) is 2.74. The van der Waals surface area contributed by atoms with Gasteiger partial charge in [0.15, 0.2) is 0 Å². The molecule has 2 aliphatic heterocycles. The van der Waals surface area contributed by atoms with Gasteiger partial charge in [0.2, 0.25) is 0 Å². The van der Waals surface area contributed by atoms with Crippen LogP contribution in [0.5, 0.6) is 0 Å². The van der Waals surface area contributed by atoms with E-state index in [2.05, 4.69) is 33.1 Å². The van der Waals surface area contributed by atoms with Crippen LogP contribution >= 0.6 is 0 Å². The van der Waals surface area contributed by atoms with E-state index in [1.807, 2.05) is 56.6 Å². The highest BCUT2D eigenvalue weighted by atomic mass is 16.2. The largest absolute Gasteiger partial charge is 0.350 e. The SMILES string of the molecule is CN1C[C@H](c2cn(C)c3ccccc23)[C@]2(C1)NC(=O)N(CCc1ccccc1)C2=O. The van der Waals surface area contributed by atoms with Crippen LogP contribution in [0.3, 0.4) is 0 Å². The zero-order valence-electron chi connectivity index (χ0n) is 17.3. The molecule has 0 aliphatic carbocycles. The lowest BCUT2D eigenvalue weighted by Gasteiger charge is -2.27. The average Bonchev–Trinajstić information content (AvgIpc) is 3.33. The molecule has 6 nitrogen and oxygen atoms in total. The number of nitrogens with zero attached hydrogens (tertiary/aromatic N) is 3. The molecule has 5 rings (SSSR count). The zero-order chi connectivity index (χ0) is 20.9. The monoisotopic (exact) mass is 402 g/mol. The molecule has 6 heteroatoms. The van der Waals surface area contributed by atoms with E-state index in [9.17, 15) is 9.59 Å². The van der Waals surface area contributed by atoms with Gasteiger partial charge in [-0.3, -0.25) is 9.69 Å². The number of urea groups is 1. The number of para-hydroxylation sites is 1. The maximum absolute atomic E-state index is 13.6. The van der Waals surface area contributed by atoms with Gasteiger partial charge in [-0.15, -0.1) is 0 Å². The molecule has 2 fully saturated rings. The first kappa shape index (κ1) is 18.9. The summed E-state index contributed by atoms with van der Waals surface area (Å²) in [5, 5.41) is 4.25. The Morgan fingerprint density at radius 2 is 1.77 bits per heavy atom. The summed E-state index contributed by atoms with van der Waals surface area (Å²) < 4.78 is 2.10. The highest BCUT2D eigenvalue weighted by Gasteiger charge is 2.60. The van der Waals surface area contributed by atoms with Crippen LogP contribution < -0.4 is 5.32 Å². The molecule has 2 aromatic carbocycles. The van der Waals surface area contributed by atoms with Crippen molar-refractivity contribution >= 4 is 22.8 Å². The third kappa shape index (κ3) is 2.82. The predicted molar refractivity (Wildman–Crippen MR) is 116 cm³/mol. The van der Waals surface area contributed by atoms with Crippen LogP contribution in [0.25, 0.3) is 10.9 Å². The second-order valence-corrected chi connectivity index (χ2v) is 8.56. The minimum atomic E-state index is -0.910. The van der Waals surface area contributed by atoms with E-state index in [0.717, 1.165) is 28.6 Å². The van der Waals surface area contributed by atoms with Crippen LogP contribution in [0, 0.1) is 0 Å². The number of nitrogens with one attached hydrogen (secondary N) is 1. The van der Waals surface area contributed by atoms with Crippen LogP contribution in [0.2, 0.25) is 0 Å². The summed E-state index contributed by atoms with van der Waals surface area (Å²) in [5.41, 5.74) is 2.46. The van der Waals surface area contributed by atoms with Crippen LogP contribution in [0.1, 0.15) is 17.0 Å². The fourth-order valence-corrected chi connectivity index (χ4v) is 5.16. The molecule has 0 unspecified atom stereocenters. The molecular formula is C24H26N4O2. The number of fused-ring (bicyclic) bond motifs is 1. The van der Waals surface area contributed by atoms with Crippen LogP contribution in [0.15, 0.2) is 60.8 Å². The molecule has 2 saturated heterocycles. The molecule has 154 valence electrons. The number of carbonyl (C=O) groups excluding carboxylic acids is 2.